The summed E-state index contributed by atoms with van der Waals surface area (Å²) in [7, 11) is 0. The summed E-state index contributed by atoms with van der Waals surface area (Å²) in [5.41, 5.74) is -0.194. The summed E-state index contributed by atoms with van der Waals surface area (Å²) >= 11 is 0. The van der Waals surface area contributed by atoms with E-state index in [1.54, 1.807) is 0 Å². The Hall–Kier alpha value is -0.160. The van der Waals surface area contributed by atoms with E-state index in [2.05, 4.69) is 37.9 Å². The van der Waals surface area contributed by atoms with Crippen LogP contribution in [0.4, 0.5) is 0 Å². The molecule has 1 heterocycles. The van der Waals surface area contributed by atoms with Crippen LogP contribution in [-0.4, -0.2) is 60.5 Å². The standard InChI is InChI=1S/C14H30N2O2/c1-12(2)15-14(4,11-17)10-13(3)16-6-5-8-18-9-7-16/h12-13,15,17H,5-11H2,1-4H3. The van der Waals surface area contributed by atoms with Crippen LogP contribution >= 0.6 is 0 Å². The van der Waals surface area contributed by atoms with E-state index >= 15 is 0 Å². The van der Waals surface area contributed by atoms with Gasteiger partial charge in [0.15, 0.2) is 0 Å². The number of aliphatic hydroxyl groups is 1. The Morgan fingerprint density at radius 3 is 2.61 bits per heavy atom. The van der Waals surface area contributed by atoms with E-state index in [9.17, 15) is 5.11 Å². The second-order valence-electron chi connectivity index (χ2n) is 6.07. The van der Waals surface area contributed by atoms with Gasteiger partial charge in [-0.3, -0.25) is 4.90 Å². The lowest BCUT2D eigenvalue weighted by Crippen LogP contribution is -2.53. The van der Waals surface area contributed by atoms with E-state index in [0.29, 0.717) is 12.1 Å². The van der Waals surface area contributed by atoms with Crippen LogP contribution in [0.2, 0.25) is 0 Å². The van der Waals surface area contributed by atoms with Crippen molar-refractivity contribution in [1.82, 2.24) is 10.2 Å². The normalized spacial score (nSPS) is 23.7. The predicted molar refractivity (Wildman–Crippen MR) is 74.9 cm³/mol. The van der Waals surface area contributed by atoms with Gasteiger partial charge in [-0.05, 0) is 26.7 Å². The third-order valence-electron chi connectivity index (χ3n) is 3.61. The monoisotopic (exact) mass is 258 g/mol. The lowest BCUT2D eigenvalue weighted by molar-refractivity contribution is 0.100. The third-order valence-corrected chi connectivity index (χ3v) is 3.61. The van der Waals surface area contributed by atoms with Crippen molar-refractivity contribution in [3.8, 4) is 0 Å². The van der Waals surface area contributed by atoms with Gasteiger partial charge >= 0.3 is 0 Å². The van der Waals surface area contributed by atoms with Gasteiger partial charge in [0.1, 0.15) is 0 Å². The van der Waals surface area contributed by atoms with E-state index < -0.39 is 0 Å². The van der Waals surface area contributed by atoms with Crippen LogP contribution in [0.3, 0.4) is 0 Å². The van der Waals surface area contributed by atoms with Gasteiger partial charge in [-0.15, -0.1) is 0 Å². The highest BCUT2D eigenvalue weighted by Gasteiger charge is 2.29. The van der Waals surface area contributed by atoms with E-state index in [1.807, 2.05) is 0 Å². The average molecular weight is 258 g/mol. The van der Waals surface area contributed by atoms with Crippen molar-refractivity contribution in [3.63, 3.8) is 0 Å². The maximum Gasteiger partial charge on any atom is 0.0611 e. The Kier molecular flexibility index (Phi) is 6.57. The number of rotatable bonds is 6. The summed E-state index contributed by atoms with van der Waals surface area (Å²) < 4.78 is 5.49. The van der Waals surface area contributed by atoms with Gasteiger partial charge in [-0.25, -0.2) is 0 Å². The molecule has 0 bridgehead atoms. The van der Waals surface area contributed by atoms with Crippen molar-refractivity contribution in [2.75, 3.05) is 32.9 Å². The van der Waals surface area contributed by atoms with Crippen LogP contribution in [-0.2, 0) is 4.74 Å². The molecular weight excluding hydrogens is 228 g/mol. The first-order valence-corrected chi connectivity index (χ1v) is 7.17. The largest absolute Gasteiger partial charge is 0.394 e. The fourth-order valence-electron chi connectivity index (χ4n) is 2.85. The molecule has 2 unspecified atom stereocenters. The number of aliphatic hydroxyl groups excluding tert-OH is 1. The summed E-state index contributed by atoms with van der Waals surface area (Å²) in [6.07, 6.45) is 2.07. The van der Waals surface area contributed by atoms with Crippen LogP contribution in [0.5, 0.6) is 0 Å². The zero-order valence-corrected chi connectivity index (χ0v) is 12.4. The summed E-state index contributed by atoms with van der Waals surface area (Å²) in [5, 5.41) is 13.1. The molecule has 1 aliphatic heterocycles. The first-order chi connectivity index (χ1) is 8.47. The molecule has 4 heteroatoms. The minimum Gasteiger partial charge on any atom is -0.394 e. The number of nitrogens with zero attached hydrogens (tertiary/aromatic N) is 1. The molecule has 0 aliphatic carbocycles. The molecule has 2 atom stereocenters. The molecule has 0 spiro atoms. The lowest BCUT2D eigenvalue weighted by atomic mass is 9.92. The molecule has 0 aromatic rings. The molecule has 0 amide bonds. The number of nitrogens with one attached hydrogen (secondary N) is 1. The molecule has 4 nitrogen and oxygen atoms in total. The van der Waals surface area contributed by atoms with Crippen molar-refractivity contribution < 1.29 is 9.84 Å². The molecule has 0 aromatic heterocycles. The molecule has 0 saturated carbocycles. The zero-order chi connectivity index (χ0) is 13.6. The Bertz CT molecular complexity index is 228. The first kappa shape index (κ1) is 15.9. The lowest BCUT2D eigenvalue weighted by Gasteiger charge is -2.37. The van der Waals surface area contributed by atoms with Crippen molar-refractivity contribution >= 4 is 0 Å². The maximum absolute atomic E-state index is 9.63. The van der Waals surface area contributed by atoms with Gasteiger partial charge in [-0.1, -0.05) is 13.8 Å². The quantitative estimate of drug-likeness (QED) is 0.752. The average Bonchev–Trinajstić information content (AvgIpc) is 2.56. The highest BCUT2D eigenvalue weighted by molar-refractivity contribution is 4.88. The van der Waals surface area contributed by atoms with Crippen molar-refractivity contribution in [1.29, 1.82) is 0 Å². The summed E-state index contributed by atoms with van der Waals surface area (Å²) in [6, 6.07) is 0.858. The van der Waals surface area contributed by atoms with E-state index in [0.717, 1.165) is 39.1 Å². The van der Waals surface area contributed by atoms with Crippen LogP contribution in [0.25, 0.3) is 0 Å². The maximum atomic E-state index is 9.63. The first-order valence-electron chi connectivity index (χ1n) is 7.17. The molecule has 18 heavy (non-hydrogen) atoms. The molecule has 108 valence electrons. The van der Waals surface area contributed by atoms with Crippen LogP contribution < -0.4 is 5.32 Å². The molecule has 0 aromatic carbocycles. The van der Waals surface area contributed by atoms with Gasteiger partial charge in [0.25, 0.3) is 0 Å². The van der Waals surface area contributed by atoms with E-state index in [4.69, 9.17) is 4.74 Å². The van der Waals surface area contributed by atoms with Crippen LogP contribution in [0.15, 0.2) is 0 Å². The topological polar surface area (TPSA) is 44.7 Å². The molecule has 1 aliphatic rings. The summed E-state index contributed by atoms with van der Waals surface area (Å²) in [6.45, 7) is 12.6. The fourth-order valence-corrected chi connectivity index (χ4v) is 2.85. The molecular formula is C14H30N2O2. The number of hydrogen-bond acceptors (Lipinski definition) is 4. The predicted octanol–water partition coefficient (Wildman–Crippen LogP) is 1.24. The van der Waals surface area contributed by atoms with Crippen molar-refractivity contribution in [2.24, 2.45) is 0 Å². The zero-order valence-electron chi connectivity index (χ0n) is 12.4. The Morgan fingerprint density at radius 1 is 1.28 bits per heavy atom. The highest BCUT2D eigenvalue weighted by Crippen LogP contribution is 2.18. The fraction of sp³-hybridized carbons (Fsp3) is 1.00. The Balaban J connectivity index is 2.51. The Labute approximate surface area is 112 Å². The molecule has 1 rings (SSSR count). The summed E-state index contributed by atoms with van der Waals surface area (Å²) in [5.74, 6) is 0. The number of hydrogen-bond donors (Lipinski definition) is 2. The summed E-state index contributed by atoms with van der Waals surface area (Å²) in [4.78, 5) is 2.48. The van der Waals surface area contributed by atoms with Gasteiger partial charge in [0, 0.05) is 37.3 Å². The molecule has 1 fully saturated rings. The molecule has 2 N–H and O–H groups in total. The smallest absolute Gasteiger partial charge is 0.0611 e. The van der Waals surface area contributed by atoms with Crippen molar-refractivity contribution in [3.05, 3.63) is 0 Å². The Morgan fingerprint density at radius 2 is 2.00 bits per heavy atom. The van der Waals surface area contributed by atoms with Crippen LogP contribution in [0.1, 0.15) is 40.5 Å². The minimum atomic E-state index is -0.194. The van der Waals surface area contributed by atoms with E-state index in [1.165, 1.54) is 0 Å². The molecule has 1 saturated heterocycles. The molecule has 0 radical (unpaired) electrons. The van der Waals surface area contributed by atoms with Crippen LogP contribution in [0, 0.1) is 0 Å². The van der Waals surface area contributed by atoms with Gasteiger partial charge in [0.05, 0.1) is 13.2 Å². The van der Waals surface area contributed by atoms with Gasteiger partial charge < -0.3 is 15.2 Å². The van der Waals surface area contributed by atoms with Gasteiger partial charge in [-0.2, -0.15) is 0 Å². The number of ether oxygens (including phenoxy) is 1. The second-order valence-corrected chi connectivity index (χ2v) is 6.07. The van der Waals surface area contributed by atoms with E-state index in [-0.39, 0.29) is 12.1 Å². The SMILES string of the molecule is CC(C)NC(C)(CO)CC(C)N1CCCOCC1. The second kappa shape index (κ2) is 7.43. The van der Waals surface area contributed by atoms with Crippen molar-refractivity contribution in [2.45, 2.75) is 58.2 Å². The minimum absolute atomic E-state index is 0.180. The highest BCUT2D eigenvalue weighted by atomic mass is 16.5. The third kappa shape index (κ3) is 5.22. The van der Waals surface area contributed by atoms with Gasteiger partial charge in [0.2, 0.25) is 0 Å².